The van der Waals surface area contributed by atoms with Gasteiger partial charge in [-0.15, -0.1) is 0 Å². The molecule has 1 aliphatic rings. The van der Waals surface area contributed by atoms with Gasteiger partial charge in [0.1, 0.15) is 33.4 Å². The van der Waals surface area contributed by atoms with Crippen LogP contribution in [0.2, 0.25) is 5.02 Å². The number of pyridine rings is 1. The van der Waals surface area contributed by atoms with Gasteiger partial charge in [-0.05, 0) is 44.5 Å². The number of aromatic nitrogens is 1. The lowest BCUT2D eigenvalue weighted by Crippen LogP contribution is -2.55. The van der Waals surface area contributed by atoms with Crippen molar-refractivity contribution in [1.29, 1.82) is 0 Å². The average molecular weight is 428 g/mol. The molecule has 1 atom stereocenters. The van der Waals surface area contributed by atoms with E-state index in [4.69, 9.17) is 17.3 Å². The van der Waals surface area contributed by atoms with Gasteiger partial charge in [0.15, 0.2) is 9.84 Å². The Bertz CT molecular complexity index is 1090. The molecule has 1 aromatic carbocycles. The summed E-state index contributed by atoms with van der Waals surface area (Å²) in [6.45, 7) is 4.40. The third-order valence-electron chi connectivity index (χ3n) is 5.05. The number of sulfone groups is 1. The fraction of sp³-hybridized carbons (Fsp3) is 0.368. The van der Waals surface area contributed by atoms with Gasteiger partial charge in [0.2, 0.25) is 0 Å². The van der Waals surface area contributed by atoms with E-state index in [2.05, 4.69) is 9.98 Å². The van der Waals surface area contributed by atoms with Gasteiger partial charge in [0.25, 0.3) is 0 Å². The molecule has 3 rings (SSSR count). The normalized spacial score (nSPS) is 23.3. The number of nitrogens with two attached hydrogens (primary N) is 1. The number of hydrogen-bond acceptors (Lipinski definition) is 5. The summed E-state index contributed by atoms with van der Waals surface area (Å²) >= 11 is 5.80. The van der Waals surface area contributed by atoms with Crippen LogP contribution >= 0.6 is 11.6 Å². The third-order valence-corrected chi connectivity index (χ3v) is 8.05. The number of rotatable bonds is 3. The van der Waals surface area contributed by atoms with E-state index in [0.717, 1.165) is 0 Å². The van der Waals surface area contributed by atoms with Crippen LogP contribution in [-0.4, -0.2) is 29.7 Å². The van der Waals surface area contributed by atoms with Crippen molar-refractivity contribution in [3.8, 4) is 0 Å². The third kappa shape index (κ3) is 3.39. The van der Waals surface area contributed by atoms with Crippen molar-refractivity contribution in [1.82, 2.24) is 4.98 Å². The Hall–Kier alpha value is -2.06. The zero-order valence-electron chi connectivity index (χ0n) is 15.6. The quantitative estimate of drug-likeness (QED) is 0.813. The molecular formula is C19H20ClF2N3O2S. The van der Waals surface area contributed by atoms with Gasteiger partial charge >= 0.3 is 0 Å². The van der Waals surface area contributed by atoms with E-state index < -0.39 is 37.5 Å². The van der Waals surface area contributed by atoms with Crippen molar-refractivity contribution in [2.75, 3.05) is 5.75 Å². The molecule has 1 aromatic heterocycles. The molecule has 0 unspecified atom stereocenters. The summed E-state index contributed by atoms with van der Waals surface area (Å²) in [4.78, 5) is 8.56. The fourth-order valence-electron chi connectivity index (χ4n) is 3.10. The molecule has 1 aliphatic heterocycles. The average Bonchev–Trinajstić information content (AvgIpc) is 2.58. The molecule has 0 bridgehead atoms. The summed E-state index contributed by atoms with van der Waals surface area (Å²) in [6, 6.07) is 7.17. The maximum Gasteiger partial charge on any atom is 0.165 e. The zero-order chi connectivity index (χ0) is 20.9. The van der Waals surface area contributed by atoms with Crippen LogP contribution in [0.15, 0.2) is 35.3 Å². The van der Waals surface area contributed by atoms with E-state index in [1.165, 1.54) is 39.0 Å². The van der Waals surface area contributed by atoms with E-state index in [0.29, 0.717) is 11.3 Å². The van der Waals surface area contributed by atoms with E-state index >= 15 is 0 Å². The first-order valence-electron chi connectivity index (χ1n) is 8.54. The topological polar surface area (TPSA) is 85.4 Å². The van der Waals surface area contributed by atoms with Gasteiger partial charge < -0.3 is 5.73 Å². The van der Waals surface area contributed by atoms with Gasteiger partial charge in [-0.2, -0.15) is 0 Å². The van der Waals surface area contributed by atoms with E-state index in [1.807, 2.05) is 0 Å². The molecule has 5 nitrogen and oxygen atoms in total. The Morgan fingerprint density at radius 3 is 2.50 bits per heavy atom. The lowest BCUT2D eigenvalue weighted by molar-refractivity contribution is 0.459. The number of benzene rings is 1. The summed E-state index contributed by atoms with van der Waals surface area (Å²) < 4.78 is 52.8. The van der Waals surface area contributed by atoms with Crippen molar-refractivity contribution >= 4 is 27.3 Å². The largest absolute Gasteiger partial charge is 0.386 e. The molecule has 0 aliphatic carbocycles. The number of aliphatic imine (C=N–C) groups is 1. The summed E-state index contributed by atoms with van der Waals surface area (Å²) in [5.74, 6) is -1.82. The van der Waals surface area contributed by atoms with Crippen LogP contribution < -0.4 is 5.73 Å². The van der Waals surface area contributed by atoms with E-state index in [9.17, 15) is 17.2 Å². The predicted octanol–water partition coefficient (Wildman–Crippen LogP) is 3.38. The predicted molar refractivity (Wildman–Crippen MR) is 105 cm³/mol. The molecular weight excluding hydrogens is 408 g/mol. The molecule has 2 N–H and O–H groups in total. The van der Waals surface area contributed by atoms with Gasteiger partial charge in [0, 0.05) is 12.1 Å². The van der Waals surface area contributed by atoms with Gasteiger partial charge in [-0.25, -0.2) is 17.2 Å². The van der Waals surface area contributed by atoms with Gasteiger partial charge in [-0.3, -0.25) is 9.98 Å². The first kappa shape index (κ1) is 20.7. The highest BCUT2D eigenvalue weighted by atomic mass is 35.5. The van der Waals surface area contributed by atoms with Crippen LogP contribution in [0.1, 0.15) is 37.7 Å². The fourth-order valence-corrected chi connectivity index (χ4v) is 4.96. The number of nitrogens with zero attached hydrogens (tertiary/aromatic N) is 2. The molecule has 0 fully saturated rings. The first-order chi connectivity index (χ1) is 12.9. The molecule has 2 heterocycles. The summed E-state index contributed by atoms with van der Waals surface area (Å²) in [7, 11) is -3.71. The zero-order valence-corrected chi connectivity index (χ0v) is 17.2. The van der Waals surface area contributed by atoms with Crippen molar-refractivity contribution in [2.45, 2.75) is 37.5 Å². The lowest BCUT2D eigenvalue weighted by atomic mass is 9.97. The molecule has 9 heteroatoms. The minimum absolute atomic E-state index is 0.0234. The molecule has 2 aromatic rings. The van der Waals surface area contributed by atoms with Crippen LogP contribution in [0.25, 0.3) is 0 Å². The molecule has 0 spiro atoms. The highest BCUT2D eigenvalue weighted by Crippen LogP contribution is 2.37. The van der Waals surface area contributed by atoms with Crippen LogP contribution in [-0.2, 0) is 21.8 Å². The summed E-state index contributed by atoms with van der Waals surface area (Å²) in [5, 5.41) is -0.0234. The monoisotopic (exact) mass is 427 g/mol. The number of hydrogen-bond donors (Lipinski definition) is 1. The highest BCUT2D eigenvalue weighted by molar-refractivity contribution is 7.93. The summed E-state index contributed by atoms with van der Waals surface area (Å²) in [6.07, 6.45) is 0.0627. The van der Waals surface area contributed by atoms with Gasteiger partial charge in [-0.1, -0.05) is 23.7 Å². The minimum atomic E-state index is -3.71. The Morgan fingerprint density at radius 2 is 1.86 bits per heavy atom. The Labute approximate surface area is 167 Å². The molecule has 150 valence electrons. The molecule has 0 radical (unpaired) electrons. The standard InChI is InChI=1S/C19H20ClF2N3O2S/c1-18(2)17(23)25-19(3,10-28(18,26)27)16-14(21)8-7-12(24-16)9-11-5-4-6-13(20)15(11)22/h4-8H,9-10H2,1-3H3,(H2,23,25)/t19-/m0/s1. The van der Waals surface area contributed by atoms with Crippen LogP contribution in [0.4, 0.5) is 8.78 Å². The van der Waals surface area contributed by atoms with Crippen molar-refractivity contribution in [3.05, 3.63) is 63.9 Å². The van der Waals surface area contributed by atoms with Gasteiger partial charge in [0.05, 0.1) is 10.8 Å². The van der Waals surface area contributed by atoms with Crippen LogP contribution in [0.5, 0.6) is 0 Å². The first-order valence-corrected chi connectivity index (χ1v) is 10.6. The number of halogens is 3. The Balaban J connectivity index is 2.07. The molecule has 28 heavy (non-hydrogen) atoms. The summed E-state index contributed by atoms with van der Waals surface area (Å²) in [5.41, 5.74) is 4.93. The second-order valence-corrected chi connectivity index (χ2v) is 10.5. The second-order valence-electron chi connectivity index (χ2n) is 7.56. The molecule has 0 saturated carbocycles. The van der Waals surface area contributed by atoms with Crippen molar-refractivity contribution in [3.63, 3.8) is 0 Å². The Kier molecular flexibility index (Phi) is 5.00. The maximum absolute atomic E-state index is 14.6. The van der Waals surface area contributed by atoms with Crippen molar-refractivity contribution < 1.29 is 17.2 Å². The second kappa shape index (κ2) is 6.77. The van der Waals surface area contributed by atoms with E-state index in [-0.39, 0.29) is 23.0 Å². The highest BCUT2D eigenvalue weighted by Gasteiger charge is 2.50. The smallest absolute Gasteiger partial charge is 0.165 e. The lowest BCUT2D eigenvalue weighted by Gasteiger charge is -2.37. The SMILES string of the molecule is CC1(C)C(N)=N[C@](C)(c2nc(Cc3cccc(Cl)c3F)ccc2F)CS1(=O)=O. The number of amidine groups is 1. The van der Waals surface area contributed by atoms with Crippen molar-refractivity contribution in [2.24, 2.45) is 10.7 Å². The van der Waals surface area contributed by atoms with Crippen LogP contribution in [0, 0.1) is 11.6 Å². The van der Waals surface area contributed by atoms with E-state index in [1.54, 1.807) is 12.1 Å². The molecule has 0 saturated heterocycles. The van der Waals surface area contributed by atoms with Crippen LogP contribution in [0.3, 0.4) is 0 Å². The maximum atomic E-state index is 14.6. The minimum Gasteiger partial charge on any atom is -0.386 e. The molecule has 0 amide bonds. The Morgan fingerprint density at radius 1 is 1.18 bits per heavy atom.